The summed E-state index contributed by atoms with van der Waals surface area (Å²) < 4.78 is 6.96. The van der Waals surface area contributed by atoms with Crippen molar-refractivity contribution < 1.29 is 9.53 Å². The third-order valence-corrected chi connectivity index (χ3v) is 10.1. The summed E-state index contributed by atoms with van der Waals surface area (Å²) in [5.41, 5.74) is 1.38. The standard InChI is InChI=1S/C19H29N3O2SSi/c1-26(2)10-5-6-13(9-11-26)20-18(23)15-12-16-17(21-15)22-19(25-16)24-14-7-3-4-8-14/h12-14,21H,3-11H2,1-2H3,(H,20,23). The molecule has 1 unspecified atom stereocenters. The van der Waals surface area contributed by atoms with E-state index in [1.165, 1.54) is 42.7 Å². The lowest BCUT2D eigenvalue weighted by molar-refractivity contribution is 0.0930. The molecular weight excluding hydrogens is 362 g/mol. The van der Waals surface area contributed by atoms with Crippen molar-refractivity contribution in [2.45, 2.75) is 82.3 Å². The van der Waals surface area contributed by atoms with Crippen LogP contribution >= 0.6 is 11.3 Å². The molecule has 2 N–H and O–H groups in total. The molecule has 0 aromatic carbocycles. The Morgan fingerprint density at radius 2 is 2.04 bits per heavy atom. The summed E-state index contributed by atoms with van der Waals surface area (Å²) in [6, 6.07) is 4.92. The molecule has 0 bridgehead atoms. The molecule has 4 rings (SSSR count). The highest BCUT2D eigenvalue weighted by Crippen LogP contribution is 2.32. The summed E-state index contributed by atoms with van der Waals surface area (Å²) in [6.45, 7) is 4.93. The number of nitrogens with one attached hydrogen (secondary N) is 2. The maximum atomic E-state index is 12.6. The molecule has 1 aliphatic heterocycles. The molecule has 3 heterocycles. The molecule has 142 valence electrons. The molecule has 2 fully saturated rings. The zero-order valence-corrected chi connectivity index (χ0v) is 17.6. The summed E-state index contributed by atoms with van der Waals surface area (Å²) in [6.07, 6.45) is 8.54. The Hall–Kier alpha value is -1.34. The van der Waals surface area contributed by atoms with Gasteiger partial charge in [-0.1, -0.05) is 42.9 Å². The average Bonchev–Trinajstić information content (AvgIpc) is 3.26. The van der Waals surface area contributed by atoms with Crippen LogP contribution in [0.15, 0.2) is 6.07 Å². The zero-order valence-electron chi connectivity index (χ0n) is 15.8. The quantitative estimate of drug-likeness (QED) is 0.726. The van der Waals surface area contributed by atoms with Crippen molar-refractivity contribution in [2.75, 3.05) is 0 Å². The summed E-state index contributed by atoms with van der Waals surface area (Å²) in [5.74, 6) is -0.000154. The third kappa shape index (κ3) is 4.14. The molecule has 0 radical (unpaired) electrons. The topological polar surface area (TPSA) is 67.0 Å². The molecule has 2 aromatic rings. The lowest BCUT2D eigenvalue weighted by Crippen LogP contribution is -2.35. The number of carbonyl (C=O) groups is 1. The first-order chi connectivity index (χ1) is 12.5. The van der Waals surface area contributed by atoms with E-state index in [1.807, 2.05) is 6.07 Å². The van der Waals surface area contributed by atoms with Crippen LogP contribution in [0.4, 0.5) is 0 Å². The molecule has 1 atom stereocenters. The maximum Gasteiger partial charge on any atom is 0.276 e. The predicted molar refractivity (Wildman–Crippen MR) is 109 cm³/mol. The van der Waals surface area contributed by atoms with Crippen LogP contribution < -0.4 is 10.1 Å². The lowest BCUT2D eigenvalue weighted by atomic mass is 10.1. The Balaban J connectivity index is 1.38. The van der Waals surface area contributed by atoms with Gasteiger partial charge in [0.2, 0.25) is 0 Å². The molecular formula is C19H29N3O2SSi. The average molecular weight is 392 g/mol. The first kappa shape index (κ1) is 18.0. The van der Waals surface area contributed by atoms with Crippen molar-refractivity contribution in [3.63, 3.8) is 0 Å². The van der Waals surface area contributed by atoms with Crippen LogP contribution in [0, 0.1) is 0 Å². The summed E-state index contributed by atoms with van der Waals surface area (Å²) in [5, 5.41) is 3.96. The van der Waals surface area contributed by atoms with Gasteiger partial charge in [0.15, 0.2) is 5.65 Å². The number of nitrogens with zero attached hydrogens (tertiary/aromatic N) is 1. The maximum absolute atomic E-state index is 12.6. The largest absolute Gasteiger partial charge is 0.467 e. The van der Waals surface area contributed by atoms with Crippen molar-refractivity contribution in [2.24, 2.45) is 0 Å². The van der Waals surface area contributed by atoms with Gasteiger partial charge in [-0.3, -0.25) is 4.79 Å². The predicted octanol–water partition coefficient (Wildman–Crippen LogP) is 4.94. The minimum Gasteiger partial charge on any atom is -0.467 e. The van der Waals surface area contributed by atoms with Crippen LogP contribution in [0.2, 0.25) is 25.2 Å². The van der Waals surface area contributed by atoms with E-state index in [4.69, 9.17) is 4.74 Å². The summed E-state index contributed by atoms with van der Waals surface area (Å²) in [4.78, 5) is 20.3. The van der Waals surface area contributed by atoms with E-state index in [-0.39, 0.29) is 5.91 Å². The fraction of sp³-hybridized carbons (Fsp3) is 0.684. The van der Waals surface area contributed by atoms with E-state index in [0.717, 1.165) is 41.2 Å². The first-order valence-corrected chi connectivity index (χ1v) is 14.2. The number of aromatic nitrogens is 2. The smallest absolute Gasteiger partial charge is 0.276 e. The van der Waals surface area contributed by atoms with Gasteiger partial charge in [-0.25, -0.2) is 0 Å². The van der Waals surface area contributed by atoms with Crippen LogP contribution in [-0.4, -0.2) is 36.1 Å². The molecule has 2 aliphatic rings. The number of thiazole rings is 1. The van der Waals surface area contributed by atoms with Gasteiger partial charge in [-0.15, -0.1) is 0 Å². The van der Waals surface area contributed by atoms with E-state index in [0.29, 0.717) is 17.8 Å². The van der Waals surface area contributed by atoms with Gasteiger partial charge in [0.1, 0.15) is 11.8 Å². The minimum atomic E-state index is -1.03. The van der Waals surface area contributed by atoms with Crippen molar-refractivity contribution in [3.05, 3.63) is 11.8 Å². The van der Waals surface area contributed by atoms with E-state index in [1.54, 1.807) is 0 Å². The fourth-order valence-electron chi connectivity index (χ4n) is 4.18. The van der Waals surface area contributed by atoms with Gasteiger partial charge in [0, 0.05) is 14.1 Å². The Morgan fingerprint density at radius 3 is 2.81 bits per heavy atom. The number of amides is 1. The zero-order chi connectivity index (χ0) is 18.1. The molecule has 2 aromatic heterocycles. The Bertz CT molecular complexity index is 747. The number of carbonyl (C=O) groups excluding carboxylic acids is 1. The molecule has 1 saturated carbocycles. The van der Waals surface area contributed by atoms with E-state index in [2.05, 4.69) is 28.4 Å². The first-order valence-electron chi connectivity index (χ1n) is 9.96. The highest BCUT2D eigenvalue weighted by Gasteiger charge is 2.27. The molecule has 1 aliphatic carbocycles. The van der Waals surface area contributed by atoms with Crippen molar-refractivity contribution in [3.8, 4) is 5.19 Å². The van der Waals surface area contributed by atoms with Crippen LogP contribution in [0.25, 0.3) is 10.3 Å². The second kappa shape index (κ2) is 7.35. The summed E-state index contributed by atoms with van der Waals surface area (Å²) in [7, 11) is -1.03. The Kier molecular flexibility index (Phi) is 5.10. The van der Waals surface area contributed by atoms with Gasteiger partial charge < -0.3 is 15.0 Å². The Morgan fingerprint density at radius 1 is 1.23 bits per heavy atom. The Labute approximate surface area is 159 Å². The molecule has 5 nitrogen and oxygen atoms in total. The number of hydrogen-bond acceptors (Lipinski definition) is 4. The lowest BCUT2D eigenvalue weighted by Gasteiger charge is -2.19. The van der Waals surface area contributed by atoms with E-state index in [9.17, 15) is 4.79 Å². The van der Waals surface area contributed by atoms with Gasteiger partial charge >= 0.3 is 0 Å². The number of fused-ring (bicyclic) bond motifs is 1. The van der Waals surface area contributed by atoms with Crippen molar-refractivity contribution in [1.82, 2.24) is 15.3 Å². The molecule has 1 saturated heterocycles. The second-order valence-corrected chi connectivity index (χ2v) is 15.0. The molecule has 26 heavy (non-hydrogen) atoms. The van der Waals surface area contributed by atoms with Gasteiger partial charge in [-0.2, -0.15) is 4.98 Å². The number of aromatic amines is 1. The van der Waals surface area contributed by atoms with Gasteiger partial charge in [-0.05, 0) is 44.6 Å². The highest BCUT2D eigenvalue weighted by molar-refractivity contribution is 7.20. The molecule has 7 heteroatoms. The monoisotopic (exact) mass is 391 g/mol. The number of ether oxygens (including phenoxy) is 1. The van der Waals surface area contributed by atoms with Gasteiger partial charge in [0.05, 0.1) is 4.70 Å². The van der Waals surface area contributed by atoms with Crippen LogP contribution in [0.1, 0.15) is 55.4 Å². The third-order valence-electron chi connectivity index (χ3n) is 5.89. The molecule has 0 spiro atoms. The van der Waals surface area contributed by atoms with Gasteiger partial charge in [0.25, 0.3) is 11.1 Å². The van der Waals surface area contributed by atoms with Crippen molar-refractivity contribution >= 4 is 35.7 Å². The van der Waals surface area contributed by atoms with Crippen LogP contribution in [-0.2, 0) is 0 Å². The SMILES string of the molecule is C[Si]1(C)CCCC(NC(=O)c2cc3sc(OC4CCCC4)nc3[nH]2)CC1. The summed E-state index contributed by atoms with van der Waals surface area (Å²) >= 11 is 1.53. The minimum absolute atomic E-state index is 0.000154. The highest BCUT2D eigenvalue weighted by atomic mass is 32.1. The number of rotatable bonds is 4. The van der Waals surface area contributed by atoms with Crippen LogP contribution in [0.3, 0.4) is 0 Å². The van der Waals surface area contributed by atoms with E-state index >= 15 is 0 Å². The molecule has 1 amide bonds. The number of hydrogen-bond donors (Lipinski definition) is 2. The number of H-pyrrole nitrogens is 1. The van der Waals surface area contributed by atoms with E-state index < -0.39 is 8.07 Å². The second-order valence-electron chi connectivity index (χ2n) is 8.67. The van der Waals surface area contributed by atoms with Crippen LogP contribution in [0.5, 0.6) is 5.19 Å². The fourth-order valence-corrected chi connectivity index (χ4v) is 7.60. The normalized spacial score (nSPS) is 23.8. The van der Waals surface area contributed by atoms with Crippen molar-refractivity contribution in [1.29, 1.82) is 0 Å².